The third-order valence-electron chi connectivity index (χ3n) is 6.75. The van der Waals surface area contributed by atoms with Gasteiger partial charge >= 0.3 is 23.9 Å². The number of hydrogen-bond acceptors (Lipinski definition) is 6. The van der Waals surface area contributed by atoms with Crippen LogP contribution < -0.4 is 10.9 Å². The zero-order valence-electron chi connectivity index (χ0n) is 16.9. The first kappa shape index (κ1) is 17.5. The molecule has 0 bridgehead atoms. The van der Waals surface area contributed by atoms with Crippen molar-refractivity contribution in [3.8, 4) is 0 Å². The molecule has 0 atom stereocenters. The molecule has 0 amide bonds. The Balaban J connectivity index is 1.88. The highest BCUT2D eigenvalue weighted by molar-refractivity contribution is 6.53. The molecule has 7 rings (SSSR count). The van der Waals surface area contributed by atoms with E-state index in [0.29, 0.717) is 33.0 Å². The summed E-state index contributed by atoms with van der Waals surface area (Å²) >= 11 is 0. The van der Waals surface area contributed by atoms with Gasteiger partial charge < -0.3 is 9.47 Å². The fourth-order valence-corrected chi connectivity index (χ4v) is 5.56. The Hall–Kier alpha value is -4.19. The third kappa shape index (κ3) is 1.81. The molecule has 0 saturated heterocycles. The highest BCUT2D eigenvalue weighted by atomic mass is 16.6. The van der Waals surface area contributed by atoms with E-state index in [0.717, 1.165) is 43.2 Å². The molecule has 32 heavy (non-hydrogen) atoms. The molecule has 8 heteroatoms. The van der Waals surface area contributed by atoms with Gasteiger partial charge in [0.1, 0.15) is 15.7 Å². The summed E-state index contributed by atoms with van der Waals surface area (Å²) in [5.41, 5.74) is 3.11. The van der Waals surface area contributed by atoms with Crippen molar-refractivity contribution < 1.29 is 28.7 Å². The van der Waals surface area contributed by atoms with Crippen LogP contribution in [-0.2, 0) is 9.47 Å². The predicted molar refractivity (Wildman–Crippen MR) is 124 cm³/mol. The number of ether oxygens (including phenoxy) is 2. The van der Waals surface area contributed by atoms with Gasteiger partial charge in [0, 0.05) is 10.8 Å². The molecule has 0 unspecified atom stereocenters. The Morgan fingerprint density at radius 3 is 1.25 bits per heavy atom. The maximum absolute atomic E-state index is 12.5. The van der Waals surface area contributed by atoms with Crippen molar-refractivity contribution in [2.24, 2.45) is 0 Å². The standard InChI is InChI=1S/C24H10B2O6/c25-13-5-12-16-10(22(28)32-24(12)30)4-2-8-18-14(26)6-11-15-9(21(27)31-23(11)29)3-1-7(19(15)18)17(13)20(8)16/h1-6H,25-26H2. The maximum atomic E-state index is 12.5. The van der Waals surface area contributed by atoms with Crippen molar-refractivity contribution in [1.82, 2.24) is 0 Å². The smallest absolute Gasteiger partial charge is 0.346 e. The molecule has 5 aromatic carbocycles. The average Bonchev–Trinajstić information content (AvgIpc) is 2.76. The van der Waals surface area contributed by atoms with Gasteiger partial charge in [0.05, 0.1) is 22.3 Å². The Kier molecular flexibility index (Phi) is 2.92. The minimum atomic E-state index is -0.662. The van der Waals surface area contributed by atoms with E-state index < -0.39 is 23.9 Å². The number of hydrogen-bond donors (Lipinski definition) is 0. The summed E-state index contributed by atoms with van der Waals surface area (Å²) in [4.78, 5) is 50.0. The van der Waals surface area contributed by atoms with Crippen molar-refractivity contribution >= 4 is 93.6 Å². The number of rotatable bonds is 0. The van der Waals surface area contributed by atoms with Crippen molar-refractivity contribution in [3.63, 3.8) is 0 Å². The second kappa shape index (κ2) is 5.34. The lowest BCUT2D eigenvalue weighted by atomic mass is 9.75. The normalized spacial score (nSPS) is 15.2. The summed E-state index contributed by atoms with van der Waals surface area (Å²) in [5.74, 6) is -2.64. The van der Waals surface area contributed by atoms with E-state index in [9.17, 15) is 19.2 Å². The molecule has 2 aliphatic rings. The number of benzene rings is 5. The molecule has 5 aromatic rings. The molecule has 2 aliphatic heterocycles. The monoisotopic (exact) mass is 416 g/mol. The van der Waals surface area contributed by atoms with Crippen molar-refractivity contribution in [3.05, 3.63) is 58.7 Å². The highest BCUT2D eigenvalue weighted by Gasteiger charge is 2.33. The van der Waals surface area contributed by atoms with E-state index in [2.05, 4.69) is 0 Å². The molecule has 148 valence electrons. The number of carbonyl (C=O) groups excluding carboxylic acids is 4. The van der Waals surface area contributed by atoms with Crippen LogP contribution in [0.15, 0.2) is 36.4 Å². The summed E-state index contributed by atoms with van der Waals surface area (Å²) in [6.45, 7) is 0. The van der Waals surface area contributed by atoms with Crippen LogP contribution in [0.1, 0.15) is 41.4 Å². The van der Waals surface area contributed by atoms with Crippen LogP contribution in [0.25, 0.3) is 43.1 Å². The Bertz CT molecular complexity index is 1680. The Morgan fingerprint density at radius 1 is 0.469 bits per heavy atom. The summed E-state index contributed by atoms with van der Waals surface area (Å²) in [7, 11) is 3.80. The predicted octanol–water partition coefficient (Wildman–Crippen LogP) is 0.875. The van der Waals surface area contributed by atoms with Gasteiger partial charge in [-0.2, -0.15) is 0 Å². The molecular weight excluding hydrogens is 406 g/mol. The van der Waals surface area contributed by atoms with Crippen LogP contribution >= 0.6 is 0 Å². The lowest BCUT2D eigenvalue weighted by Crippen LogP contribution is -2.24. The van der Waals surface area contributed by atoms with Gasteiger partial charge in [-0.25, -0.2) is 19.2 Å². The van der Waals surface area contributed by atoms with Crippen molar-refractivity contribution in [2.45, 2.75) is 0 Å². The van der Waals surface area contributed by atoms with Crippen LogP contribution in [0.4, 0.5) is 0 Å². The van der Waals surface area contributed by atoms with E-state index in [1.807, 2.05) is 27.8 Å². The third-order valence-corrected chi connectivity index (χ3v) is 6.75. The zero-order chi connectivity index (χ0) is 22.0. The zero-order valence-corrected chi connectivity index (χ0v) is 16.9. The minimum Gasteiger partial charge on any atom is -0.386 e. The van der Waals surface area contributed by atoms with Gasteiger partial charge in [-0.3, -0.25) is 0 Å². The minimum absolute atomic E-state index is 0.352. The summed E-state index contributed by atoms with van der Waals surface area (Å²) in [6.07, 6.45) is 0. The molecule has 0 radical (unpaired) electrons. The molecule has 6 nitrogen and oxygen atoms in total. The van der Waals surface area contributed by atoms with E-state index >= 15 is 0 Å². The molecule has 0 aliphatic carbocycles. The first-order chi connectivity index (χ1) is 15.4. The van der Waals surface area contributed by atoms with E-state index in [4.69, 9.17) is 9.47 Å². The topological polar surface area (TPSA) is 86.7 Å². The van der Waals surface area contributed by atoms with Crippen LogP contribution in [0, 0.1) is 0 Å². The van der Waals surface area contributed by atoms with Crippen molar-refractivity contribution in [2.75, 3.05) is 0 Å². The number of fused-ring (bicyclic) bond motifs is 2. The molecule has 0 saturated carbocycles. The first-order valence-electron chi connectivity index (χ1n) is 10.1. The fourth-order valence-electron chi connectivity index (χ4n) is 5.56. The first-order valence-corrected chi connectivity index (χ1v) is 10.1. The number of carbonyl (C=O) groups is 4. The lowest BCUT2D eigenvalue weighted by molar-refractivity contribution is 0.0373. The van der Waals surface area contributed by atoms with Gasteiger partial charge in [-0.15, -0.1) is 0 Å². The molecule has 2 heterocycles. The van der Waals surface area contributed by atoms with E-state index in [1.165, 1.54) is 0 Å². The van der Waals surface area contributed by atoms with Crippen LogP contribution in [-0.4, -0.2) is 39.6 Å². The SMILES string of the molecule is Bc1cc2c3c(ccc4c5c(B)cc6c7c(ccc(c1c34)c75)C(=O)OC6=O)C(=O)OC2=O. The van der Waals surface area contributed by atoms with E-state index in [1.54, 1.807) is 24.3 Å². The summed E-state index contributed by atoms with van der Waals surface area (Å²) in [6, 6.07) is 10.5. The van der Waals surface area contributed by atoms with Gasteiger partial charge in [-0.1, -0.05) is 35.2 Å². The van der Waals surface area contributed by atoms with Gasteiger partial charge in [-0.05, 0) is 44.5 Å². The quantitative estimate of drug-likeness (QED) is 0.123. The van der Waals surface area contributed by atoms with Crippen LogP contribution in [0.5, 0.6) is 0 Å². The largest absolute Gasteiger partial charge is 0.386 e. The van der Waals surface area contributed by atoms with Crippen LogP contribution in [0.3, 0.4) is 0 Å². The molecule has 0 spiro atoms. The highest BCUT2D eigenvalue weighted by Crippen LogP contribution is 2.44. The van der Waals surface area contributed by atoms with Crippen LogP contribution in [0.2, 0.25) is 0 Å². The maximum Gasteiger partial charge on any atom is 0.346 e. The number of esters is 4. The lowest BCUT2D eigenvalue weighted by Gasteiger charge is -2.25. The van der Waals surface area contributed by atoms with Crippen molar-refractivity contribution in [1.29, 1.82) is 0 Å². The van der Waals surface area contributed by atoms with Gasteiger partial charge in [0.2, 0.25) is 0 Å². The van der Waals surface area contributed by atoms with Gasteiger partial charge in [0.25, 0.3) is 0 Å². The average molecular weight is 416 g/mol. The molecular formula is C24H10B2O6. The fraction of sp³-hybridized carbons (Fsp3) is 0. The van der Waals surface area contributed by atoms with E-state index in [-0.39, 0.29) is 0 Å². The van der Waals surface area contributed by atoms with Gasteiger partial charge in [0.15, 0.2) is 0 Å². The second-order valence-corrected chi connectivity index (χ2v) is 8.41. The molecule has 0 N–H and O–H groups in total. The Morgan fingerprint density at radius 2 is 0.844 bits per heavy atom. The summed E-state index contributed by atoms with van der Waals surface area (Å²) in [5, 5.41) is 6.25. The Labute approximate surface area is 181 Å². The number of cyclic esters (lactones) is 4. The molecule has 0 aromatic heterocycles. The second-order valence-electron chi connectivity index (χ2n) is 8.41. The summed E-state index contributed by atoms with van der Waals surface area (Å²) < 4.78 is 9.90. The molecule has 0 fully saturated rings.